The summed E-state index contributed by atoms with van der Waals surface area (Å²) in [6, 6.07) is 12.7. The molecular formula is C21H30N6O. The van der Waals surface area contributed by atoms with Crippen molar-refractivity contribution in [1.29, 1.82) is 0 Å². The van der Waals surface area contributed by atoms with Gasteiger partial charge in [-0.15, -0.1) is 0 Å². The van der Waals surface area contributed by atoms with E-state index in [-0.39, 0.29) is 0 Å². The number of aromatic nitrogens is 1. The number of hydrogen-bond acceptors (Lipinski definition) is 5. The molecule has 2 fully saturated rings. The van der Waals surface area contributed by atoms with Gasteiger partial charge in [-0.05, 0) is 24.5 Å². The Balaban J connectivity index is 1.21. The zero-order chi connectivity index (χ0) is 19.2. The summed E-state index contributed by atoms with van der Waals surface area (Å²) < 4.78 is 4.93. The normalized spacial score (nSPS) is 21.3. The minimum atomic E-state index is 0.658. The van der Waals surface area contributed by atoms with Crippen LogP contribution in [0.4, 0.5) is 5.69 Å². The molecule has 0 spiro atoms. The van der Waals surface area contributed by atoms with Gasteiger partial charge in [0.25, 0.3) is 0 Å². The first-order valence-corrected chi connectivity index (χ1v) is 10.2. The third kappa shape index (κ3) is 4.65. The van der Waals surface area contributed by atoms with Gasteiger partial charge in [0, 0.05) is 71.2 Å². The topological polar surface area (TPSA) is 60.1 Å². The van der Waals surface area contributed by atoms with Gasteiger partial charge in [-0.2, -0.15) is 0 Å². The van der Waals surface area contributed by atoms with Gasteiger partial charge in [-0.1, -0.05) is 23.4 Å². The summed E-state index contributed by atoms with van der Waals surface area (Å²) in [4.78, 5) is 11.8. The summed E-state index contributed by atoms with van der Waals surface area (Å²) in [7, 11) is 1.88. The van der Waals surface area contributed by atoms with Crippen molar-refractivity contribution in [2.24, 2.45) is 10.9 Å². The van der Waals surface area contributed by atoms with Crippen LogP contribution in [0.2, 0.25) is 0 Å². The molecule has 2 aliphatic heterocycles. The Bertz CT molecular complexity index is 740. The highest BCUT2D eigenvalue weighted by atomic mass is 16.5. The number of rotatable bonds is 5. The molecule has 0 amide bonds. The van der Waals surface area contributed by atoms with Gasteiger partial charge in [0.15, 0.2) is 5.96 Å². The van der Waals surface area contributed by atoms with Crippen LogP contribution >= 0.6 is 0 Å². The standard InChI is InChI=1S/C21H30N6O/c1-22-21(26-12-10-25(11-13-26)17-19-8-14-28-24-19)23-15-18-7-9-27(16-18)20-5-3-2-4-6-20/h2-6,8,14,18H,7,9-13,15-17H2,1H3,(H,22,23). The molecule has 150 valence electrons. The van der Waals surface area contributed by atoms with Crippen molar-refractivity contribution >= 4 is 11.6 Å². The first kappa shape index (κ1) is 18.8. The predicted octanol–water partition coefficient (Wildman–Crippen LogP) is 1.89. The van der Waals surface area contributed by atoms with Gasteiger partial charge in [0.1, 0.15) is 6.26 Å². The monoisotopic (exact) mass is 382 g/mol. The van der Waals surface area contributed by atoms with E-state index in [1.54, 1.807) is 6.26 Å². The average molecular weight is 383 g/mol. The van der Waals surface area contributed by atoms with Gasteiger partial charge >= 0.3 is 0 Å². The maximum atomic E-state index is 4.93. The van der Waals surface area contributed by atoms with Crippen LogP contribution in [0.3, 0.4) is 0 Å². The van der Waals surface area contributed by atoms with Crippen molar-refractivity contribution in [2.45, 2.75) is 13.0 Å². The average Bonchev–Trinajstić information content (AvgIpc) is 3.42. The smallest absolute Gasteiger partial charge is 0.193 e. The molecule has 0 saturated carbocycles. The largest absolute Gasteiger partial charge is 0.371 e. The predicted molar refractivity (Wildman–Crippen MR) is 111 cm³/mol. The number of para-hydroxylation sites is 1. The number of nitrogens with one attached hydrogen (secondary N) is 1. The lowest BCUT2D eigenvalue weighted by atomic mass is 10.1. The maximum absolute atomic E-state index is 4.93. The molecule has 1 unspecified atom stereocenters. The van der Waals surface area contributed by atoms with E-state index in [1.165, 1.54) is 12.1 Å². The molecule has 0 aliphatic carbocycles. The molecule has 2 aromatic rings. The summed E-state index contributed by atoms with van der Waals surface area (Å²) in [5.74, 6) is 1.68. The lowest BCUT2D eigenvalue weighted by Crippen LogP contribution is -2.52. The van der Waals surface area contributed by atoms with E-state index in [9.17, 15) is 0 Å². The fourth-order valence-corrected chi connectivity index (χ4v) is 4.11. The zero-order valence-electron chi connectivity index (χ0n) is 16.6. The lowest BCUT2D eigenvalue weighted by Gasteiger charge is -2.36. The van der Waals surface area contributed by atoms with E-state index < -0.39 is 0 Å². The van der Waals surface area contributed by atoms with Crippen LogP contribution in [0.5, 0.6) is 0 Å². The Labute approximate surface area is 167 Å². The summed E-state index contributed by atoms with van der Waals surface area (Å²) in [5, 5.41) is 7.63. The summed E-state index contributed by atoms with van der Waals surface area (Å²) in [6.07, 6.45) is 2.86. The fraction of sp³-hybridized carbons (Fsp3) is 0.524. The van der Waals surface area contributed by atoms with Gasteiger partial charge in [-0.3, -0.25) is 9.89 Å². The van der Waals surface area contributed by atoms with Crippen LogP contribution in [0.25, 0.3) is 0 Å². The van der Waals surface area contributed by atoms with Crippen LogP contribution in [0, 0.1) is 5.92 Å². The Morgan fingerprint density at radius 3 is 2.68 bits per heavy atom. The summed E-state index contributed by atoms with van der Waals surface area (Å²) in [5.41, 5.74) is 2.33. The molecular weight excluding hydrogens is 352 g/mol. The minimum Gasteiger partial charge on any atom is -0.371 e. The van der Waals surface area contributed by atoms with Crippen molar-refractivity contribution in [3.05, 3.63) is 48.4 Å². The number of guanidine groups is 1. The molecule has 0 bridgehead atoms. The van der Waals surface area contributed by atoms with E-state index in [0.717, 1.165) is 64.0 Å². The van der Waals surface area contributed by atoms with Gasteiger partial charge in [0.05, 0.1) is 5.69 Å². The summed E-state index contributed by atoms with van der Waals surface area (Å²) >= 11 is 0. The van der Waals surface area contributed by atoms with Crippen molar-refractivity contribution in [3.8, 4) is 0 Å². The molecule has 0 radical (unpaired) electrons. The minimum absolute atomic E-state index is 0.658. The number of hydrogen-bond donors (Lipinski definition) is 1. The molecule has 2 saturated heterocycles. The lowest BCUT2D eigenvalue weighted by molar-refractivity contribution is 0.169. The quantitative estimate of drug-likeness (QED) is 0.630. The maximum Gasteiger partial charge on any atom is 0.193 e. The van der Waals surface area contributed by atoms with Crippen molar-refractivity contribution < 1.29 is 4.52 Å². The molecule has 7 nitrogen and oxygen atoms in total. The Morgan fingerprint density at radius 2 is 1.96 bits per heavy atom. The third-order valence-electron chi connectivity index (χ3n) is 5.72. The second-order valence-electron chi connectivity index (χ2n) is 7.62. The molecule has 1 aromatic heterocycles. The van der Waals surface area contributed by atoms with E-state index in [2.05, 4.69) is 60.5 Å². The number of aliphatic imine (C=N–C) groups is 1. The van der Waals surface area contributed by atoms with E-state index in [0.29, 0.717) is 5.92 Å². The van der Waals surface area contributed by atoms with Crippen molar-refractivity contribution in [1.82, 2.24) is 20.3 Å². The molecule has 1 N–H and O–H groups in total. The van der Waals surface area contributed by atoms with Gasteiger partial charge < -0.3 is 19.6 Å². The van der Waals surface area contributed by atoms with Crippen molar-refractivity contribution in [3.63, 3.8) is 0 Å². The second kappa shape index (κ2) is 9.10. The fourth-order valence-electron chi connectivity index (χ4n) is 4.11. The first-order chi connectivity index (χ1) is 13.8. The molecule has 1 atom stereocenters. The SMILES string of the molecule is CN=C(NCC1CCN(c2ccccc2)C1)N1CCN(Cc2ccon2)CC1. The highest BCUT2D eigenvalue weighted by Gasteiger charge is 2.24. The van der Waals surface area contributed by atoms with E-state index in [1.807, 2.05) is 13.1 Å². The second-order valence-corrected chi connectivity index (χ2v) is 7.62. The van der Waals surface area contributed by atoms with Gasteiger partial charge in [-0.25, -0.2) is 0 Å². The number of nitrogens with zero attached hydrogens (tertiary/aromatic N) is 5. The van der Waals surface area contributed by atoms with Crippen LogP contribution in [0.15, 0.2) is 52.2 Å². The van der Waals surface area contributed by atoms with E-state index in [4.69, 9.17) is 4.52 Å². The summed E-state index contributed by atoms with van der Waals surface area (Å²) in [6.45, 7) is 8.08. The van der Waals surface area contributed by atoms with Crippen LogP contribution in [0.1, 0.15) is 12.1 Å². The molecule has 1 aromatic carbocycles. The molecule has 7 heteroatoms. The third-order valence-corrected chi connectivity index (χ3v) is 5.72. The van der Waals surface area contributed by atoms with Crippen LogP contribution in [-0.2, 0) is 6.54 Å². The Kier molecular flexibility index (Phi) is 6.11. The zero-order valence-corrected chi connectivity index (χ0v) is 16.6. The number of piperazine rings is 1. The van der Waals surface area contributed by atoms with Crippen LogP contribution in [-0.4, -0.2) is 73.8 Å². The molecule has 28 heavy (non-hydrogen) atoms. The number of anilines is 1. The molecule has 4 rings (SSSR count). The Hall–Kier alpha value is -2.54. The number of benzene rings is 1. The Morgan fingerprint density at radius 1 is 1.14 bits per heavy atom. The van der Waals surface area contributed by atoms with Gasteiger partial charge in [0.2, 0.25) is 0 Å². The van der Waals surface area contributed by atoms with Crippen molar-refractivity contribution in [2.75, 3.05) is 57.8 Å². The molecule has 3 heterocycles. The highest BCUT2D eigenvalue weighted by Crippen LogP contribution is 2.23. The van der Waals surface area contributed by atoms with E-state index >= 15 is 0 Å². The highest BCUT2D eigenvalue weighted by molar-refractivity contribution is 5.80. The van der Waals surface area contributed by atoms with Crippen LogP contribution < -0.4 is 10.2 Å². The first-order valence-electron chi connectivity index (χ1n) is 10.2. The molecule has 2 aliphatic rings.